The molecule has 3 heterocycles. The van der Waals surface area contributed by atoms with E-state index in [-0.39, 0.29) is 16.7 Å². The Morgan fingerprint density at radius 2 is 2.50 bits per heavy atom. The predicted octanol–water partition coefficient (Wildman–Crippen LogP) is 2.40. The number of rotatable bonds is 3. The van der Waals surface area contributed by atoms with Crippen molar-refractivity contribution in [3.8, 4) is 0 Å². The van der Waals surface area contributed by atoms with Crippen molar-refractivity contribution in [2.45, 2.75) is 26.1 Å². The molecule has 0 fully saturated rings. The highest BCUT2D eigenvalue weighted by atomic mass is 35.5. The maximum Gasteiger partial charge on any atom is 0.357 e. The van der Waals surface area contributed by atoms with Crippen molar-refractivity contribution in [3.63, 3.8) is 0 Å². The number of thiazole rings is 1. The second-order valence-electron chi connectivity index (χ2n) is 4.68. The van der Waals surface area contributed by atoms with E-state index in [1.807, 2.05) is 15.7 Å². The summed E-state index contributed by atoms with van der Waals surface area (Å²) in [7, 11) is 0. The van der Waals surface area contributed by atoms with Gasteiger partial charge in [0.05, 0.1) is 16.0 Å². The lowest BCUT2D eigenvalue weighted by atomic mass is 10.3. The molecule has 8 heteroatoms. The summed E-state index contributed by atoms with van der Waals surface area (Å²) in [5.41, 5.74) is 0.132. The third-order valence-corrected chi connectivity index (χ3v) is 4.43. The van der Waals surface area contributed by atoms with Gasteiger partial charge < -0.3 is 0 Å². The van der Waals surface area contributed by atoms with E-state index in [1.54, 1.807) is 12.3 Å². The van der Waals surface area contributed by atoms with Crippen LogP contribution in [0.3, 0.4) is 0 Å². The lowest BCUT2D eigenvalue weighted by Crippen LogP contribution is -2.31. The monoisotopic (exact) mass is 311 g/mol. The average molecular weight is 312 g/mol. The Hall–Kier alpha value is -1.73. The SMILES string of the molecule is CC1C[n+]2cccc([N+](=O)[O-])c2N1Cc1cnc(Cl)s1. The van der Waals surface area contributed by atoms with Gasteiger partial charge in [0, 0.05) is 12.3 Å². The summed E-state index contributed by atoms with van der Waals surface area (Å²) in [6.07, 6.45) is 3.59. The van der Waals surface area contributed by atoms with Crippen molar-refractivity contribution in [1.82, 2.24) is 4.98 Å². The molecule has 0 spiro atoms. The summed E-state index contributed by atoms with van der Waals surface area (Å²) in [5.74, 6) is 0.648. The Balaban J connectivity index is 2.00. The molecule has 0 N–H and O–H groups in total. The Kier molecular flexibility index (Phi) is 3.31. The van der Waals surface area contributed by atoms with E-state index < -0.39 is 0 Å². The lowest BCUT2D eigenvalue weighted by Gasteiger charge is -2.13. The Bertz CT molecular complexity index is 675. The van der Waals surface area contributed by atoms with E-state index >= 15 is 0 Å². The van der Waals surface area contributed by atoms with Gasteiger partial charge in [-0.05, 0) is 13.0 Å². The van der Waals surface area contributed by atoms with Gasteiger partial charge in [0.25, 0.3) is 0 Å². The van der Waals surface area contributed by atoms with E-state index in [4.69, 9.17) is 11.6 Å². The molecule has 0 aliphatic carbocycles. The fraction of sp³-hybridized carbons (Fsp3) is 0.333. The summed E-state index contributed by atoms with van der Waals surface area (Å²) in [4.78, 5) is 17.9. The van der Waals surface area contributed by atoms with E-state index in [1.165, 1.54) is 17.4 Å². The molecule has 1 unspecified atom stereocenters. The fourth-order valence-corrected chi connectivity index (χ4v) is 3.46. The van der Waals surface area contributed by atoms with Gasteiger partial charge in [-0.1, -0.05) is 11.6 Å². The third-order valence-electron chi connectivity index (χ3n) is 3.33. The van der Waals surface area contributed by atoms with Crippen molar-refractivity contribution in [3.05, 3.63) is 44.0 Å². The Morgan fingerprint density at radius 1 is 1.70 bits per heavy atom. The van der Waals surface area contributed by atoms with E-state index in [0.29, 0.717) is 16.8 Å². The molecule has 6 nitrogen and oxygen atoms in total. The van der Waals surface area contributed by atoms with Gasteiger partial charge in [-0.15, -0.1) is 11.3 Å². The van der Waals surface area contributed by atoms with Crippen LogP contribution >= 0.6 is 22.9 Å². The molecule has 1 atom stereocenters. The van der Waals surface area contributed by atoms with Gasteiger partial charge in [0.2, 0.25) is 0 Å². The molecule has 2 aromatic rings. The average Bonchev–Trinajstić information content (AvgIpc) is 2.94. The fourth-order valence-electron chi connectivity index (χ4n) is 2.48. The second kappa shape index (κ2) is 4.99. The zero-order valence-electron chi connectivity index (χ0n) is 10.7. The summed E-state index contributed by atoms with van der Waals surface area (Å²) in [5, 5.41) is 11.2. The maximum atomic E-state index is 11.2. The molecule has 0 saturated carbocycles. The number of pyridine rings is 1. The summed E-state index contributed by atoms with van der Waals surface area (Å²) < 4.78 is 2.41. The quantitative estimate of drug-likeness (QED) is 0.496. The molecular formula is C12H12ClN4O2S+. The van der Waals surface area contributed by atoms with Crippen molar-refractivity contribution in [2.24, 2.45) is 0 Å². The minimum atomic E-state index is -0.337. The summed E-state index contributed by atoms with van der Waals surface area (Å²) >= 11 is 7.24. The van der Waals surface area contributed by atoms with Crippen LogP contribution in [0.5, 0.6) is 0 Å². The Morgan fingerprint density at radius 3 is 3.15 bits per heavy atom. The van der Waals surface area contributed by atoms with Crippen LogP contribution in [-0.4, -0.2) is 15.9 Å². The Labute approximate surface area is 124 Å². The van der Waals surface area contributed by atoms with Crippen LogP contribution in [0.2, 0.25) is 4.47 Å². The largest absolute Gasteiger partial charge is 0.357 e. The number of aromatic nitrogens is 2. The van der Waals surface area contributed by atoms with E-state index in [2.05, 4.69) is 11.9 Å². The van der Waals surface area contributed by atoms with Gasteiger partial charge in [-0.3, -0.25) is 10.1 Å². The summed E-state index contributed by atoms with van der Waals surface area (Å²) in [6, 6.07) is 3.44. The first kappa shape index (κ1) is 13.3. The van der Waals surface area contributed by atoms with Crippen LogP contribution in [-0.2, 0) is 13.1 Å². The maximum absolute atomic E-state index is 11.2. The summed E-state index contributed by atoms with van der Waals surface area (Å²) in [6.45, 7) is 3.37. The molecule has 104 valence electrons. The smallest absolute Gasteiger partial charge is 0.258 e. The number of anilines is 1. The molecule has 0 bridgehead atoms. The zero-order chi connectivity index (χ0) is 14.3. The van der Waals surface area contributed by atoms with Crippen LogP contribution in [0.1, 0.15) is 11.8 Å². The van der Waals surface area contributed by atoms with Gasteiger partial charge in [-0.25, -0.2) is 14.5 Å². The molecule has 0 amide bonds. The second-order valence-corrected chi connectivity index (χ2v) is 6.38. The number of nitro groups is 1. The van der Waals surface area contributed by atoms with Crippen molar-refractivity contribution < 1.29 is 9.49 Å². The third kappa shape index (κ3) is 2.23. The van der Waals surface area contributed by atoms with Crippen LogP contribution < -0.4 is 9.47 Å². The minimum absolute atomic E-state index is 0.132. The molecule has 1 aliphatic rings. The molecule has 1 aliphatic heterocycles. The van der Waals surface area contributed by atoms with Gasteiger partial charge in [0.1, 0.15) is 19.1 Å². The van der Waals surface area contributed by atoms with Crippen LogP contribution in [0.15, 0.2) is 24.5 Å². The van der Waals surface area contributed by atoms with E-state index in [0.717, 1.165) is 11.4 Å². The normalized spacial score (nSPS) is 17.3. The van der Waals surface area contributed by atoms with Crippen LogP contribution in [0.25, 0.3) is 0 Å². The number of fused-ring (bicyclic) bond motifs is 1. The highest BCUT2D eigenvalue weighted by Gasteiger charge is 2.41. The van der Waals surface area contributed by atoms with E-state index in [9.17, 15) is 10.1 Å². The molecule has 3 rings (SSSR count). The van der Waals surface area contributed by atoms with Crippen molar-refractivity contribution >= 4 is 34.4 Å². The minimum Gasteiger partial charge on any atom is -0.258 e. The molecule has 0 radical (unpaired) electrons. The number of halogens is 1. The number of hydrogen-bond donors (Lipinski definition) is 0. The standard InChI is InChI=1S/C12H12ClN4O2S/c1-8-6-15-4-2-3-10(17(18)19)11(15)16(8)7-9-5-14-12(13)20-9/h2-5,8H,6-7H2,1H3/q+1. The van der Waals surface area contributed by atoms with Crippen molar-refractivity contribution in [2.75, 3.05) is 4.90 Å². The van der Waals surface area contributed by atoms with Gasteiger partial charge in [0.15, 0.2) is 4.47 Å². The first-order chi connectivity index (χ1) is 9.56. The van der Waals surface area contributed by atoms with Crippen LogP contribution in [0.4, 0.5) is 11.5 Å². The van der Waals surface area contributed by atoms with Crippen LogP contribution in [0, 0.1) is 10.1 Å². The highest BCUT2D eigenvalue weighted by molar-refractivity contribution is 7.15. The molecule has 2 aromatic heterocycles. The van der Waals surface area contributed by atoms with Crippen molar-refractivity contribution in [1.29, 1.82) is 0 Å². The van der Waals surface area contributed by atoms with Gasteiger partial charge >= 0.3 is 11.5 Å². The first-order valence-corrected chi connectivity index (χ1v) is 7.29. The molecular weight excluding hydrogens is 300 g/mol. The first-order valence-electron chi connectivity index (χ1n) is 6.10. The van der Waals surface area contributed by atoms with Gasteiger partial charge in [-0.2, -0.15) is 0 Å². The molecule has 0 aromatic carbocycles. The number of nitrogens with zero attached hydrogens (tertiary/aromatic N) is 4. The number of hydrogen-bond acceptors (Lipinski definition) is 5. The molecule has 0 saturated heterocycles. The zero-order valence-corrected chi connectivity index (χ0v) is 12.3. The topological polar surface area (TPSA) is 63.1 Å². The predicted molar refractivity (Wildman–Crippen MR) is 76.1 cm³/mol. The molecule has 20 heavy (non-hydrogen) atoms. The lowest BCUT2D eigenvalue weighted by molar-refractivity contribution is -0.675. The highest BCUT2D eigenvalue weighted by Crippen LogP contribution is 2.32.